The SMILES string of the molecule is COc1ccc(/C=C/C(=O)c2cc(OC)c(OC)c(OC)c2)cc1.[I][V][I]. The number of carbonyl (C=O) groups is 1. The predicted molar refractivity (Wildman–Crippen MR) is 120 cm³/mol. The molecule has 0 aromatic heterocycles. The number of ketones is 1. The van der Waals surface area contributed by atoms with E-state index < -0.39 is 0 Å². The molecule has 145 valence electrons. The van der Waals surface area contributed by atoms with Crippen LogP contribution in [0.4, 0.5) is 0 Å². The van der Waals surface area contributed by atoms with E-state index in [1.807, 2.05) is 24.3 Å². The molecule has 5 nitrogen and oxygen atoms in total. The summed E-state index contributed by atoms with van der Waals surface area (Å²) in [5.41, 5.74) is 1.35. The Labute approximate surface area is 188 Å². The van der Waals surface area contributed by atoms with Gasteiger partial charge >= 0.3 is 49.4 Å². The van der Waals surface area contributed by atoms with E-state index in [0.717, 1.165) is 11.3 Å². The van der Waals surface area contributed by atoms with Gasteiger partial charge < -0.3 is 18.9 Å². The summed E-state index contributed by atoms with van der Waals surface area (Å²) < 4.78 is 20.9. The molecule has 0 aliphatic heterocycles. The van der Waals surface area contributed by atoms with Crippen LogP contribution in [0.25, 0.3) is 6.08 Å². The number of benzene rings is 2. The number of halogens is 2. The molecular weight excluding hydrogens is 613 g/mol. The number of methoxy groups -OCH3 is 4. The number of hydrogen-bond acceptors (Lipinski definition) is 5. The summed E-state index contributed by atoms with van der Waals surface area (Å²) in [6.07, 6.45) is 3.24. The average Bonchev–Trinajstić information content (AvgIpc) is 2.71. The van der Waals surface area contributed by atoms with Crippen LogP contribution in [-0.2, 0) is 9.47 Å². The second-order valence-corrected chi connectivity index (χ2v) is 16.7. The van der Waals surface area contributed by atoms with Gasteiger partial charge in [0.25, 0.3) is 0 Å². The number of hydrogen-bond donors (Lipinski definition) is 0. The van der Waals surface area contributed by atoms with Gasteiger partial charge in [-0.15, -0.1) is 0 Å². The Bertz CT molecular complexity index is 738. The zero-order valence-corrected chi connectivity index (χ0v) is 21.1. The van der Waals surface area contributed by atoms with Crippen LogP contribution in [0.15, 0.2) is 42.5 Å². The van der Waals surface area contributed by atoms with Crippen molar-refractivity contribution >= 4 is 51.8 Å². The molecule has 0 unspecified atom stereocenters. The van der Waals surface area contributed by atoms with Gasteiger partial charge in [0, 0.05) is 5.56 Å². The summed E-state index contributed by atoms with van der Waals surface area (Å²) in [5, 5.41) is 0. The van der Waals surface area contributed by atoms with Crippen LogP contribution in [0.5, 0.6) is 23.0 Å². The Morgan fingerprint density at radius 1 is 0.889 bits per heavy atom. The molecule has 2 aromatic rings. The molecule has 0 heterocycles. The molecule has 0 aliphatic rings. The van der Waals surface area contributed by atoms with Gasteiger partial charge in [0.2, 0.25) is 5.75 Å². The molecule has 0 N–H and O–H groups in total. The Hall–Kier alpha value is -0.906. The van der Waals surface area contributed by atoms with Gasteiger partial charge in [-0.1, -0.05) is 18.2 Å². The molecule has 27 heavy (non-hydrogen) atoms. The van der Waals surface area contributed by atoms with Crippen LogP contribution in [-0.4, -0.2) is 34.2 Å². The van der Waals surface area contributed by atoms with Gasteiger partial charge in [-0.2, -0.15) is 0 Å². The first-order valence-corrected chi connectivity index (χ1v) is 16.6. The first-order valence-electron chi connectivity index (χ1n) is 7.63. The summed E-state index contributed by atoms with van der Waals surface area (Å²) >= 11 is 4.74. The normalized spacial score (nSPS) is 9.85. The molecule has 0 spiro atoms. The van der Waals surface area contributed by atoms with Gasteiger partial charge in [-0.3, -0.25) is 4.79 Å². The second kappa shape index (κ2) is 13.3. The Morgan fingerprint density at radius 2 is 1.41 bits per heavy atom. The van der Waals surface area contributed by atoms with E-state index in [9.17, 15) is 4.79 Å². The Balaban J connectivity index is 0.00000114. The molecule has 8 heteroatoms. The van der Waals surface area contributed by atoms with Crippen LogP contribution in [0, 0.1) is 0 Å². The van der Waals surface area contributed by atoms with Crippen LogP contribution in [0.3, 0.4) is 0 Å². The van der Waals surface area contributed by atoms with E-state index in [1.165, 1.54) is 27.4 Å². The van der Waals surface area contributed by atoms with E-state index >= 15 is 0 Å². The minimum atomic E-state index is -0.162. The fourth-order valence-corrected chi connectivity index (χ4v) is 2.21. The van der Waals surface area contributed by atoms with Crippen molar-refractivity contribution < 1.29 is 33.2 Å². The molecular formula is C19H20I2O5V. The van der Waals surface area contributed by atoms with Crippen LogP contribution in [0.2, 0.25) is 0 Å². The fraction of sp³-hybridized carbons (Fsp3) is 0.211. The standard InChI is InChI=1S/C19H20O5.2HI.V/c1-21-15-8-5-13(6-9-15)7-10-16(20)14-11-17(22-2)19(24-4)18(12-14)23-3;;;/h5-12H,1-4H3;2*1H;/q;;;+2/p-2/b10-7+;;;. The maximum atomic E-state index is 12.4. The van der Waals surface area contributed by atoms with E-state index in [0.29, 0.717) is 32.3 Å². The summed E-state index contributed by atoms with van der Waals surface area (Å²) in [6, 6.07) is 10.7. The van der Waals surface area contributed by atoms with E-state index in [4.69, 9.17) is 18.9 Å². The van der Waals surface area contributed by atoms with Crippen LogP contribution >= 0.6 is 40.0 Å². The van der Waals surface area contributed by atoms with Crippen molar-refractivity contribution in [2.45, 2.75) is 0 Å². The van der Waals surface area contributed by atoms with Gasteiger partial charge in [0.15, 0.2) is 17.3 Å². The van der Waals surface area contributed by atoms with E-state index in [-0.39, 0.29) is 5.78 Å². The third-order valence-corrected chi connectivity index (χ3v) is 3.49. The number of ether oxygens (including phenoxy) is 4. The second-order valence-electron chi connectivity index (χ2n) is 4.95. The van der Waals surface area contributed by atoms with Crippen LogP contribution in [0.1, 0.15) is 15.9 Å². The van der Waals surface area contributed by atoms with Crippen molar-refractivity contribution in [3.8, 4) is 23.0 Å². The zero-order valence-electron chi connectivity index (χ0n) is 15.4. The molecule has 0 saturated heterocycles. The molecule has 0 amide bonds. The van der Waals surface area contributed by atoms with Crippen molar-refractivity contribution in [3.63, 3.8) is 0 Å². The van der Waals surface area contributed by atoms with Crippen molar-refractivity contribution in [2.75, 3.05) is 28.4 Å². The predicted octanol–water partition coefficient (Wildman–Crippen LogP) is 5.39. The van der Waals surface area contributed by atoms with E-state index in [2.05, 4.69) is 40.0 Å². The Morgan fingerprint density at radius 3 is 1.81 bits per heavy atom. The van der Waals surface area contributed by atoms with Crippen molar-refractivity contribution in [1.29, 1.82) is 0 Å². The first kappa shape index (κ1) is 24.1. The van der Waals surface area contributed by atoms with Gasteiger partial charge in [0.1, 0.15) is 5.75 Å². The first-order chi connectivity index (χ1) is 13.0. The van der Waals surface area contributed by atoms with Crippen LogP contribution < -0.4 is 18.9 Å². The summed E-state index contributed by atoms with van der Waals surface area (Å²) in [4.78, 5) is 12.4. The van der Waals surface area contributed by atoms with E-state index in [1.54, 1.807) is 25.3 Å². The minimum absolute atomic E-state index is 0.162. The Kier molecular flexibility index (Phi) is 11.9. The number of rotatable bonds is 7. The molecule has 0 atom stereocenters. The molecule has 2 aromatic carbocycles. The van der Waals surface area contributed by atoms with Crippen molar-refractivity contribution in [1.82, 2.24) is 0 Å². The molecule has 0 saturated carbocycles. The summed E-state index contributed by atoms with van der Waals surface area (Å²) in [6.45, 7) is 0. The molecule has 0 aliphatic carbocycles. The maximum absolute atomic E-state index is 12.4. The number of allylic oxidation sites excluding steroid dienone is 1. The topological polar surface area (TPSA) is 54.0 Å². The van der Waals surface area contributed by atoms with Crippen molar-refractivity contribution in [2.24, 2.45) is 0 Å². The molecule has 2 rings (SSSR count). The third-order valence-electron chi connectivity index (χ3n) is 3.49. The quantitative estimate of drug-likeness (QED) is 0.233. The molecule has 0 fully saturated rings. The monoisotopic (exact) mass is 633 g/mol. The summed E-state index contributed by atoms with van der Waals surface area (Å²) in [5.74, 6) is 1.94. The van der Waals surface area contributed by atoms with Gasteiger partial charge in [-0.25, -0.2) is 0 Å². The van der Waals surface area contributed by atoms with Crippen molar-refractivity contribution in [3.05, 3.63) is 53.6 Å². The average molecular weight is 633 g/mol. The summed E-state index contributed by atoms with van der Waals surface area (Å²) in [7, 11) is 6.78. The fourth-order valence-electron chi connectivity index (χ4n) is 2.21. The number of carbonyl (C=O) groups excluding carboxylic acids is 1. The zero-order chi connectivity index (χ0) is 20.2. The third kappa shape index (κ3) is 7.55. The molecule has 0 bridgehead atoms. The van der Waals surface area contributed by atoms with Gasteiger partial charge in [-0.05, 0) is 35.9 Å². The van der Waals surface area contributed by atoms with Gasteiger partial charge in [0.05, 0.1) is 28.4 Å². The molecule has 0 radical (unpaired) electrons.